The number of nitrogens with one attached hydrogen (secondary N) is 1. The molecule has 4 rings (SSSR count). The minimum Gasteiger partial charge on any atom is -0.486 e. The molecule has 0 saturated heterocycles. The zero-order valence-electron chi connectivity index (χ0n) is 14.6. The van der Waals surface area contributed by atoms with Crippen LogP contribution >= 0.6 is 0 Å². The number of fused-ring (bicyclic) bond motifs is 2. The van der Waals surface area contributed by atoms with E-state index in [2.05, 4.69) is 10.3 Å². The predicted octanol–water partition coefficient (Wildman–Crippen LogP) is 3.87. The molecule has 3 aromatic rings. The first-order valence-electron chi connectivity index (χ1n) is 8.73. The van der Waals surface area contributed by atoms with E-state index in [1.165, 1.54) is 0 Å². The summed E-state index contributed by atoms with van der Waals surface area (Å²) < 4.78 is 16.7. The molecule has 6 nitrogen and oxygen atoms in total. The van der Waals surface area contributed by atoms with Crippen molar-refractivity contribution in [3.8, 4) is 11.5 Å². The third kappa shape index (κ3) is 3.49. The van der Waals surface area contributed by atoms with Gasteiger partial charge in [-0.25, -0.2) is 4.98 Å². The van der Waals surface area contributed by atoms with Crippen LogP contribution in [0.1, 0.15) is 24.3 Å². The van der Waals surface area contributed by atoms with Gasteiger partial charge in [0.25, 0.3) is 0 Å². The van der Waals surface area contributed by atoms with Crippen LogP contribution in [-0.4, -0.2) is 24.1 Å². The van der Waals surface area contributed by atoms with Crippen LogP contribution in [0.15, 0.2) is 40.8 Å². The van der Waals surface area contributed by atoms with E-state index in [1.807, 2.05) is 36.4 Å². The number of carbonyl (C=O) groups is 1. The topological polar surface area (TPSA) is 73.6 Å². The second-order valence-electron chi connectivity index (χ2n) is 6.27. The average Bonchev–Trinajstić information content (AvgIpc) is 3.03. The molecule has 1 aliphatic rings. The Bertz CT molecular complexity index is 948. The first-order valence-corrected chi connectivity index (χ1v) is 8.73. The largest absolute Gasteiger partial charge is 0.486 e. The van der Waals surface area contributed by atoms with E-state index in [0.717, 1.165) is 35.4 Å². The highest BCUT2D eigenvalue weighted by Crippen LogP contribution is 2.31. The Morgan fingerprint density at radius 2 is 2.00 bits per heavy atom. The Hall–Kier alpha value is -3.02. The number of ether oxygens (including phenoxy) is 2. The van der Waals surface area contributed by atoms with Gasteiger partial charge in [-0.05, 0) is 42.7 Å². The molecule has 0 saturated carbocycles. The van der Waals surface area contributed by atoms with E-state index in [4.69, 9.17) is 13.9 Å². The lowest BCUT2D eigenvalue weighted by Crippen LogP contribution is -2.15. The summed E-state index contributed by atoms with van der Waals surface area (Å²) in [5.41, 5.74) is 3.16. The molecule has 1 aliphatic heterocycles. The van der Waals surface area contributed by atoms with Gasteiger partial charge in [0.05, 0.1) is 5.69 Å². The lowest BCUT2D eigenvalue weighted by molar-refractivity contribution is -0.116. The number of nitrogens with zero attached hydrogens (tertiary/aromatic N) is 1. The van der Waals surface area contributed by atoms with E-state index >= 15 is 0 Å². The Morgan fingerprint density at radius 1 is 1.15 bits per heavy atom. The van der Waals surface area contributed by atoms with Crippen LogP contribution in [0, 0.1) is 6.92 Å². The summed E-state index contributed by atoms with van der Waals surface area (Å²) in [5, 5.41) is 2.92. The molecular weight excluding hydrogens is 332 g/mol. The van der Waals surface area contributed by atoms with Gasteiger partial charge in [-0.15, -0.1) is 0 Å². The molecule has 0 unspecified atom stereocenters. The van der Waals surface area contributed by atoms with Crippen molar-refractivity contribution in [1.82, 2.24) is 4.98 Å². The molecule has 1 amide bonds. The summed E-state index contributed by atoms with van der Waals surface area (Å²) >= 11 is 0. The highest BCUT2D eigenvalue weighted by atomic mass is 16.6. The zero-order valence-corrected chi connectivity index (χ0v) is 14.6. The molecule has 1 N–H and O–H groups in total. The van der Waals surface area contributed by atoms with Gasteiger partial charge in [0.15, 0.2) is 23.0 Å². The fourth-order valence-corrected chi connectivity index (χ4v) is 3.07. The number of benzene rings is 2. The molecule has 0 bridgehead atoms. The van der Waals surface area contributed by atoms with Crippen molar-refractivity contribution in [1.29, 1.82) is 0 Å². The van der Waals surface area contributed by atoms with E-state index in [1.54, 1.807) is 6.92 Å². The first kappa shape index (κ1) is 16.4. The quantitative estimate of drug-likeness (QED) is 0.754. The average molecular weight is 352 g/mol. The van der Waals surface area contributed by atoms with Crippen molar-refractivity contribution >= 4 is 22.7 Å². The SMILES string of the molecule is Cc1nc2cccc(NC(=O)CCCc3ccc4c(c3)OCCO4)c2o1. The normalized spacial score (nSPS) is 13.0. The number of para-hydroxylation sites is 1. The number of hydrogen-bond acceptors (Lipinski definition) is 5. The van der Waals surface area contributed by atoms with Gasteiger partial charge in [-0.2, -0.15) is 0 Å². The number of oxazole rings is 1. The van der Waals surface area contributed by atoms with Crippen molar-refractivity contribution in [3.05, 3.63) is 47.9 Å². The maximum absolute atomic E-state index is 12.3. The molecule has 2 aromatic carbocycles. The summed E-state index contributed by atoms with van der Waals surface area (Å²) in [6.45, 7) is 2.95. The summed E-state index contributed by atoms with van der Waals surface area (Å²) in [5.74, 6) is 2.11. The standard InChI is InChI=1S/C20H20N2O4/c1-13-21-15-5-3-6-16(20(15)26-13)22-19(23)7-2-4-14-8-9-17-18(12-14)25-11-10-24-17/h3,5-6,8-9,12H,2,4,7,10-11H2,1H3,(H,22,23). The molecule has 6 heteroatoms. The third-order valence-electron chi connectivity index (χ3n) is 4.27. The lowest BCUT2D eigenvalue weighted by Gasteiger charge is -2.18. The fraction of sp³-hybridized carbons (Fsp3) is 0.300. The number of amides is 1. The molecule has 0 radical (unpaired) electrons. The minimum absolute atomic E-state index is 0.0379. The van der Waals surface area contributed by atoms with Crippen LogP contribution in [0.5, 0.6) is 11.5 Å². The second kappa shape index (κ2) is 7.07. The predicted molar refractivity (Wildman–Crippen MR) is 97.7 cm³/mol. The zero-order chi connectivity index (χ0) is 17.9. The van der Waals surface area contributed by atoms with Crippen molar-refractivity contribution in [2.75, 3.05) is 18.5 Å². The number of hydrogen-bond donors (Lipinski definition) is 1. The van der Waals surface area contributed by atoms with Crippen LogP contribution in [0.2, 0.25) is 0 Å². The maximum atomic E-state index is 12.3. The monoisotopic (exact) mass is 352 g/mol. The highest BCUT2D eigenvalue weighted by Gasteiger charge is 2.13. The molecule has 2 heterocycles. The lowest BCUT2D eigenvalue weighted by atomic mass is 10.1. The van der Waals surface area contributed by atoms with Gasteiger partial charge in [0, 0.05) is 13.3 Å². The minimum atomic E-state index is -0.0379. The third-order valence-corrected chi connectivity index (χ3v) is 4.27. The van der Waals surface area contributed by atoms with Gasteiger partial charge in [-0.3, -0.25) is 4.79 Å². The van der Waals surface area contributed by atoms with Gasteiger partial charge >= 0.3 is 0 Å². The van der Waals surface area contributed by atoms with E-state index < -0.39 is 0 Å². The number of aryl methyl sites for hydroxylation is 2. The summed E-state index contributed by atoms with van der Waals surface area (Å²) in [6, 6.07) is 11.5. The van der Waals surface area contributed by atoms with E-state index in [0.29, 0.717) is 36.8 Å². The smallest absolute Gasteiger partial charge is 0.224 e. The second-order valence-corrected chi connectivity index (χ2v) is 6.27. The summed E-state index contributed by atoms with van der Waals surface area (Å²) in [4.78, 5) is 16.5. The highest BCUT2D eigenvalue weighted by molar-refractivity contribution is 5.98. The molecule has 0 spiro atoms. The van der Waals surface area contributed by atoms with Crippen LogP contribution < -0.4 is 14.8 Å². The molecule has 0 aliphatic carbocycles. The Morgan fingerprint density at radius 3 is 2.88 bits per heavy atom. The number of aromatic nitrogens is 1. The molecule has 0 fully saturated rings. The Balaban J connectivity index is 1.34. The van der Waals surface area contributed by atoms with Crippen molar-refractivity contribution in [2.45, 2.75) is 26.2 Å². The van der Waals surface area contributed by atoms with Gasteiger partial charge in [0.1, 0.15) is 18.7 Å². The number of anilines is 1. The van der Waals surface area contributed by atoms with E-state index in [-0.39, 0.29) is 5.91 Å². The Kier molecular flexibility index (Phi) is 4.48. The maximum Gasteiger partial charge on any atom is 0.224 e. The van der Waals surface area contributed by atoms with Gasteiger partial charge in [0.2, 0.25) is 5.91 Å². The number of rotatable bonds is 5. The van der Waals surface area contributed by atoms with Gasteiger partial charge < -0.3 is 19.2 Å². The van der Waals surface area contributed by atoms with Crippen molar-refractivity contribution < 1.29 is 18.7 Å². The number of carbonyl (C=O) groups excluding carboxylic acids is 1. The van der Waals surface area contributed by atoms with Gasteiger partial charge in [-0.1, -0.05) is 12.1 Å². The molecule has 134 valence electrons. The molecular formula is C20H20N2O4. The Labute approximate surface area is 151 Å². The summed E-state index contributed by atoms with van der Waals surface area (Å²) in [6.07, 6.45) is 1.98. The molecule has 0 atom stereocenters. The molecule has 1 aromatic heterocycles. The first-order chi connectivity index (χ1) is 12.7. The van der Waals surface area contributed by atoms with Crippen LogP contribution in [0.4, 0.5) is 5.69 Å². The molecule has 26 heavy (non-hydrogen) atoms. The van der Waals surface area contributed by atoms with Crippen LogP contribution in [-0.2, 0) is 11.2 Å². The van der Waals surface area contributed by atoms with Crippen molar-refractivity contribution in [2.24, 2.45) is 0 Å². The van der Waals surface area contributed by atoms with Crippen LogP contribution in [0.25, 0.3) is 11.1 Å². The van der Waals surface area contributed by atoms with E-state index in [9.17, 15) is 4.79 Å². The fourth-order valence-electron chi connectivity index (χ4n) is 3.07. The van der Waals surface area contributed by atoms with Crippen molar-refractivity contribution in [3.63, 3.8) is 0 Å². The summed E-state index contributed by atoms with van der Waals surface area (Å²) in [7, 11) is 0. The van der Waals surface area contributed by atoms with Crippen LogP contribution in [0.3, 0.4) is 0 Å².